The van der Waals surface area contributed by atoms with Gasteiger partial charge in [-0.2, -0.15) is 0 Å². The van der Waals surface area contributed by atoms with E-state index >= 15 is 0 Å². The molecule has 0 amide bonds. The van der Waals surface area contributed by atoms with Crippen molar-refractivity contribution in [3.63, 3.8) is 0 Å². The summed E-state index contributed by atoms with van der Waals surface area (Å²) in [6.45, 7) is 2.82. The van der Waals surface area contributed by atoms with Gasteiger partial charge in [0.05, 0.1) is 6.61 Å². The topological polar surface area (TPSA) is 35.5 Å². The van der Waals surface area contributed by atoms with Gasteiger partial charge in [-0.25, -0.2) is 0 Å². The number of ketones is 1. The SMILES string of the molecule is CCCOc1cccc(C(=O)COC)c1. The zero-order valence-corrected chi connectivity index (χ0v) is 9.16. The van der Waals surface area contributed by atoms with E-state index in [4.69, 9.17) is 9.47 Å². The zero-order valence-electron chi connectivity index (χ0n) is 9.16. The molecule has 0 aromatic heterocycles. The molecule has 1 aromatic carbocycles. The first kappa shape index (κ1) is 11.7. The van der Waals surface area contributed by atoms with Crippen LogP contribution in [0.3, 0.4) is 0 Å². The lowest BCUT2D eigenvalue weighted by Gasteiger charge is -2.06. The molecule has 0 radical (unpaired) electrons. The van der Waals surface area contributed by atoms with Crippen LogP contribution in [0.4, 0.5) is 0 Å². The van der Waals surface area contributed by atoms with Gasteiger partial charge in [0, 0.05) is 12.7 Å². The monoisotopic (exact) mass is 208 g/mol. The minimum atomic E-state index is -0.0283. The molecule has 0 heterocycles. The first-order chi connectivity index (χ1) is 7.27. The van der Waals surface area contributed by atoms with E-state index in [-0.39, 0.29) is 12.4 Å². The highest BCUT2D eigenvalue weighted by molar-refractivity contribution is 5.97. The second-order valence-corrected chi connectivity index (χ2v) is 3.23. The van der Waals surface area contributed by atoms with Crippen LogP contribution in [0.1, 0.15) is 23.7 Å². The van der Waals surface area contributed by atoms with Crippen LogP contribution < -0.4 is 4.74 Å². The molecular weight excluding hydrogens is 192 g/mol. The molecular formula is C12H16O3. The van der Waals surface area contributed by atoms with E-state index in [1.54, 1.807) is 12.1 Å². The maximum absolute atomic E-state index is 11.5. The number of ether oxygens (including phenoxy) is 2. The highest BCUT2D eigenvalue weighted by atomic mass is 16.5. The average molecular weight is 208 g/mol. The molecule has 0 unspecified atom stereocenters. The van der Waals surface area contributed by atoms with Crippen LogP contribution in [-0.2, 0) is 4.74 Å². The summed E-state index contributed by atoms with van der Waals surface area (Å²) in [5.41, 5.74) is 0.630. The van der Waals surface area contributed by atoms with Crippen LogP contribution in [-0.4, -0.2) is 26.1 Å². The van der Waals surface area contributed by atoms with Crippen LogP contribution in [0, 0.1) is 0 Å². The summed E-state index contributed by atoms with van der Waals surface area (Å²) in [4.78, 5) is 11.5. The van der Waals surface area contributed by atoms with Crippen molar-refractivity contribution in [2.24, 2.45) is 0 Å². The van der Waals surface area contributed by atoms with Crippen molar-refractivity contribution < 1.29 is 14.3 Å². The normalized spacial score (nSPS) is 10.0. The Morgan fingerprint density at radius 1 is 1.40 bits per heavy atom. The highest BCUT2D eigenvalue weighted by Crippen LogP contribution is 2.14. The molecule has 0 fully saturated rings. The lowest BCUT2D eigenvalue weighted by Crippen LogP contribution is -2.07. The maximum Gasteiger partial charge on any atom is 0.188 e. The first-order valence-electron chi connectivity index (χ1n) is 5.03. The zero-order chi connectivity index (χ0) is 11.1. The third-order valence-electron chi connectivity index (χ3n) is 1.90. The minimum Gasteiger partial charge on any atom is -0.494 e. The molecule has 82 valence electrons. The third-order valence-corrected chi connectivity index (χ3v) is 1.90. The molecule has 0 saturated heterocycles. The van der Waals surface area contributed by atoms with E-state index in [1.165, 1.54) is 7.11 Å². The lowest BCUT2D eigenvalue weighted by atomic mass is 10.1. The maximum atomic E-state index is 11.5. The van der Waals surface area contributed by atoms with E-state index in [1.807, 2.05) is 19.1 Å². The molecule has 1 rings (SSSR count). The number of carbonyl (C=O) groups is 1. The van der Waals surface area contributed by atoms with Gasteiger partial charge in [0.1, 0.15) is 12.4 Å². The predicted molar refractivity (Wildman–Crippen MR) is 58.4 cm³/mol. The molecule has 15 heavy (non-hydrogen) atoms. The van der Waals surface area contributed by atoms with Crippen molar-refractivity contribution in [2.45, 2.75) is 13.3 Å². The van der Waals surface area contributed by atoms with Crippen LogP contribution >= 0.6 is 0 Å². The summed E-state index contributed by atoms with van der Waals surface area (Å²) in [6, 6.07) is 7.17. The van der Waals surface area contributed by atoms with Gasteiger partial charge in [0.15, 0.2) is 5.78 Å². The van der Waals surface area contributed by atoms with Crippen molar-refractivity contribution in [2.75, 3.05) is 20.3 Å². The molecule has 3 nitrogen and oxygen atoms in total. The molecule has 0 bridgehead atoms. The number of hydrogen-bond acceptors (Lipinski definition) is 3. The fourth-order valence-electron chi connectivity index (χ4n) is 1.19. The van der Waals surface area contributed by atoms with Gasteiger partial charge in [0.25, 0.3) is 0 Å². The summed E-state index contributed by atoms with van der Waals surface area (Å²) >= 11 is 0. The minimum absolute atomic E-state index is 0.0283. The van der Waals surface area contributed by atoms with E-state index < -0.39 is 0 Å². The number of methoxy groups -OCH3 is 1. The van der Waals surface area contributed by atoms with Crippen LogP contribution in [0.25, 0.3) is 0 Å². The summed E-state index contributed by atoms with van der Waals surface area (Å²) < 4.78 is 10.2. The molecule has 0 aliphatic heterocycles. The van der Waals surface area contributed by atoms with Crippen molar-refractivity contribution in [3.8, 4) is 5.75 Å². The molecule has 0 spiro atoms. The predicted octanol–water partition coefficient (Wildman–Crippen LogP) is 2.30. The molecule has 1 aromatic rings. The Morgan fingerprint density at radius 2 is 2.20 bits per heavy atom. The van der Waals surface area contributed by atoms with Gasteiger partial charge < -0.3 is 9.47 Å². The molecule has 0 saturated carbocycles. The molecule has 3 heteroatoms. The molecule has 0 N–H and O–H groups in total. The Balaban J connectivity index is 2.69. The number of carbonyl (C=O) groups excluding carboxylic acids is 1. The van der Waals surface area contributed by atoms with E-state index in [2.05, 4.69) is 0 Å². The Kier molecular flexibility index (Phi) is 4.84. The van der Waals surface area contributed by atoms with Crippen LogP contribution in [0.2, 0.25) is 0 Å². The number of hydrogen-bond donors (Lipinski definition) is 0. The quantitative estimate of drug-likeness (QED) is 0.673. The van der Waals surface area contributed by atoms with Crippen molar-refractivity contribution in [1.82, 2.24) is 0 Å². The van der Waals surface area contributed by atoms with Crippen molar-refractivity contribution >= 4 is 5.78 Å². The first-order valence-corrected chi connectivity index (χ1v) is 5.03. The number of benzene rings is 1. The lowest BCUT2D eigenvalue weighted by molar-refractivity contribution is 0.0847. The molecule has 0 atom stereocenters. The summed E-state index contributed by atoms with van der Waals surface area (Å²) in [7, 11) is 1.51. The Hall–Kier alpha value is -1.35. The van der Waals surface area contributed by atoms with E-state index in [0.717, 1.165) is 12.2 Å². The van der Waals surface area contributed by atoms with Crippen LogP contribution in [0.15, 0.2) is 24.3 Å². The smallest absolute Gasteiger partial charge is 0.188 e. The summed E-state index contributed by atoms with van der Waals surface area (Å²) in [5.74, 6) is 0.707. The second kappa shape index (κ2) is 6.19. The second-order valence-electron chi connectivity index (χ2n) is 3.23. The van der Waals surface area contributed by atoms with Gasteiger partial charge in [-0.05, 0) is 18.6 Å². The van der Waals surface area contributed by atoms with Gasteiger partial charge >= 0.3 is 0 Å². The van der Waals surface area contributed by atoms with E-state index in [9.17, 15) is 4.79 Å². The number of Topliss-reactive ketones (excluding diaryl/α,β-unsaturated/α-hetero) is 1. The summed E-state index contributed by atoms with van der Waals surface area (Å²) in [6.07, 6.45) is 0.955. The Morgan fingerprint density at radius 3 is 2.87 bits per heavy atom. The fraction of sp³-hybridized carbons (Fsp3) is 0.417. The highest BCUT2D eigenvalue weighted by Gasteiger charge is 2.05. The van der Waals surface area contributed by atoms with Gasteiger partial charge in [-0.15, -0.1) is 0 Å². The average Bonchev–Trinajstić information content (AvgIpc) is 2.27. The van der Waals surface area contributed by atoms with Crippen molar-refractivity contribution in [1.29, 1.82) is 0 Å². The summed E-state index contributed by atoms with van der Waals surface area (Å²) in [5, 5.41) is 0. The number of rotatable bonds is 6. The third kappa shape index (κ3) is 3.72. The Labute approximate surface area is 90.0 Å². The standard InChI is InChI=1S/C12H16O3/c1-3-7-15-11-6-4-5-10(8-11)12(13)9-14-2/h4-6,8H,3,7,9H2,1-2H3. The van der Waals surface area contributed by atoms with Gasteiger partial charge in [-0.1, -0.05) is 19.1 Å². The van der Waals surface area contributed by atoms with Gasteiger partial charge in [0.2, 0.25) is 0 Å². The molecule has 0 aliphatic carbocycles. The molecule has 0 aliphatic rings. The van der Waals surface area contributed by atoms with Gasteiger partial charge in [-0.3, -0.25) is 4.79 Å². The fourth-order valence-corrected chi connectivity index (χ4v) is 1.19. The van der Waals surface area contributed by atoms with E-state index in [0.29, 0.717) is 12.2 Å². The van der Waals surface area contributed by atoms with Crippen molar-refractivity contribution in [3.05, 3.63) is 29.8 Å². The Bertz CT molecular complexity index is 320. The van der Waals surface area contributed by atoms with Crippen LogP contribution in [0.5, 0.6) is 5.75 Å². The largest absolute Gasteiger partial charge is 0.494 e.